The Kier molecular flexibility index (Phi) is 6.44. The maximum Gasteiger partial charge on any atom is 0.340 e. The van der Waals surface area contributed by atoms with E-state index in [4.69, 9.17) is 9.15 Å². The van der Waals surface area contributed by atoms with E-state index in [9.17, 15) is 9.59 Å². The number of carbonyl (C=O) groups is 2. The van der Waals surface area contributed by atoms with E-state index in [0.29, 0.717) is 12.1 Å². The maximum atomic E-state index is 12.3. The summed E-state index contributed by atoms with van der Waals surface area (Å²) in [6, 6.07) is 5.57. The van der Waals surface area contributed by atoms with Gasteiger partial charge < -0.3 is 19.0 Å². The van der Waals surface area contributed by atoms with Crippen LogP contribution in [0.15, 0.2) is 28.9 Å². The molecule has 1 atom stereocenters. The van der Waals surface area contributed by atoms with Crippen molar-refractivity contribution in [2.75, 3.05) is 6.61 Å². The van der Waals surface area contributed by atoms with Crippen LogP contribution in [-0.4, -0.2) is 29.1 Å². The normalized spacial score (nSPS) is 12.0. The fraction of sp³-hybridized carbons (Fsp3) is 0.474. The van der Waals surface area contributed by atoms with Crippen molar-refractivity contribution in [3.8, 4) is 0 Å². The number of hydrogen-bond acceptors (Lipinski definition) is 4. The van der Waals surface area contributed by atoms with E-state index in [1.54, 1.807) is 12.3 Å². The molecule has 6 nitrogen and oxygen atoms in total. The van der Waals surface area contributed by atoms with Gasteiger partial charge >= 0.3 is 5.97 Å². The predicted octanol–water partition coefficient (Wildman–Crippen LogP) is 3.21. The summed E-state index contributed by atoms with van der Waals surface area (Å²) in [5.41, 5.74) is 2.19. The fourth-order valence-electron chi connectivity index (χ4n) is 2.84. The molecule has 0 aliphatic heterocycles. The van der Waals surface area contributed by atoms with Gasteiger partial charge in [-0.2, -0.15) is 0 Å². The zero-order valence-electron chi connectivity index (χ0n) is 15.3. The molecule has 0 spiro atoms. The lowest BCUT2D eigenvalue weighted by Gasteiger charge is -2.12. The van der Waals surface area contributed by atoms with Crippen LogP contribution in [0.2, 0.25) is 0 Å². The summed E-state index contributed by atoms with van der Waals surface area (Å²) in [7, 11) is 0. The number of esters is 1. The third-order valence-corrected chi connectivity index (χ3v) is 4.15. The molecule has 2 heterocycles. The molecule has 2 rings (SSSR count). The Hall–Kier alpha value is -2.50. The largest absolute Gasteiger partial charge is 0.467 e. The van der Waals surface area contributed by atoms with E-state index in [0.717, 1.165) is 30.0 Å². The number of nitrogens with one attached hydrogen (secondary N) is 1. The van der Waals surface area contributed by atoms with Gasteiger partial charge in [-0.25, -0.2) is 4.79 Å². The Labute approximate surface area is 148 Å². The van der Waals surface area contributed by atoms with Crippen LogP contribution < -0.4 is 5.32 Å². The molecule has 0 radical (unpaired) electrons. The van der Waals surface area contributed by atoms with Crippen LogP contribution in [-0.2, 0) is 16.1 Å². The Morgan fingerprint density at radius 2 is 2.12 bits per heavy atom. The number of aryl methyl sites for hydroxylation is 1. The molecule has 0 unspecified atom stereocenters. The van der Waals surface area contributed by atoms with Crippen LogP contribution in [0.1, 0.15) is 54.2 Å². The summed E-state index contributed by atoms with van der Waals surface area (Å²) in [6.45, 7) is 8.05. The molecule has 0 aromatic carbocycles. The van der Waals surface area contributed by atoms with Crippen molar-refractivity contribution < 1.29 is 18.7 Å². The van der Waals surface area contributed by atoms with Gasteiger partial charge in [0.2, 0.25) is 0 Å². The first-order valence-corrected chi connectivity index (χ1v) is 8.58. The first-order chi connectivity index (χ1) is 11.9. The van der Waals surface area contributed by atoms with E-state index < -0.39 is 5.97 Å². The van der Waals surface area contributed by atoms with Gasteiger partial charge in [0.1, 0.15) is 5.76 Å². The second-order valence-corrected chi connectivity index (χ2v) is 6.28. The minimum atomic E-state index is -0.489. The van der Waals surface area contributed by atoms with Crippen LogP contribution in [0.3, 0.4) is 0 Å². The monoisotopic (exact) mass is 346 g/mol. The second-order valence-electron chi connectivity index (χ2n) is 6.28. The van der Waals surface area contributed by atoms with Crippen LogP contribution in [0.5, 0.6) is 0 Å². The molecule has 0 bridgehead atoms. The molecule has 0 aliphatic rings. The van der Waals surface area contributed by atoms with Gasteiger partial charge in [0.15, 0.2) is 6.61 Å². The smallest absolute Gasteiger partial charge is 0.340 e. The number of furan rings is 1. The molecule has 0 fully saturated rings. The molecule has 6 heteroatoms. The van der Waals surface area contributed by atoms with E-state index in [1.807, 2.05) is 37.5 Å². The van der Waals surface area contributed by atoms with Crippen molar-refractivity contribution in [2.45, 2.75) is 53.1 Å². The molecule has 0 aliphatic carbocycles. The molecule has 1 N–H and O–H groups in total. The summed E-state index contributed by atoms with van der Waals surface area (Å²) >= 11 is 0. The third kappa shape index (κ3) is 4.98. The van der Waals surface area contributed by atoms with E-state index >= 15 is 0 Å². The highest BCUT2D eigenvalue weighted by Crippen LogP contribution is 2.18. The summed E-state index contributed by atoms with van der Waals surface area (Å²) in [4.78, 5) is 24.1. The SMILES string of the molecule is CCC[C@H](C)NC(=O)COC(=O)c1cc(C)n(Cc2ccco2)c1C. The van der Waals surface area contributed by atoms with E-state index in [1.165, 1.54) is 0 Å². The zero-order valence-corrected chi connectivity index (χ0v) is 15.3. The molecule has 25 heavy (non-hydrogen) atoms. The summed E-state index contributed by atoms with van der Waals surface area (Å²) in [5.74, 6) is 0.0433. The topological polar surface area (TPSA) is 73.5 Å². The number of amides is 1. The summed E-state index contributed by atoms with van der Waals surface area (Å²) < 4.78 is 12.5. The molecule has 2 aromatic rings. The van der Waals surface area contributed by atoms with Gasteiger partial charge in [-0.3, -0.25) is 4.79 Å². The molecular weight excluding hydrogens is 320 g/mol. The number of nitrogens with zero attached hydrogens (tertiary/aromatic N) is 1. The Morgan fingerprint density at radius 3 is 2.76 bits per heavy atom. The van der Waals surface area contributed by atoms with Gasteiger partial charge in [0, 0.05) is 17.4 Å². The Balaban J connectivity index is 1.97. The highest BCUT2D eigenvalue weighted by molar-refractivity contribution is 5.92. The zero-order chi connectivity index (χ0) is 18.4. The van der Waals surface area contributed by atoms with E-state index in [2.05, 4.69) is 12.2 Å². The molecular formula is C19H26N2O4. The van der Waals surface area contributed by atoms with Crippen LogP contribution >= 0.6 is 0 Å². The average molecular weight is 346 g/mol. The van der Waals surface area contributed by atoms with Crippen LogP contribution in [0, 0.1) is 13.8 Å². The third-order valence-electron chi connectivity index (χ3n) is 4.15. The number of ether oxygens (including phenoxy) is 1. The molecule has 1 amide bonds. The predicted molar refractivity (Wildman–Crippen MR) is 94.5 cm³/mol. The van der Waals surface area contributed by atoms with Crippen molar-refractivity contribution in [2.24, 2.45) is 0 Å². The minimum Gasteiger partial charge on any atom is -0.467 e. The summed E-state index contributed by atoms with van der Waals surface area (Å²) in [6.07, 6.45) is 3.51. The first-order valence-electron chi connectivity index (χ1n) is 8.58. The first kappa shape index (κ1) is 18.8. The molecule has 0 saturated heterocycles. The van der Waals surface area contributed by atoms with Crippen molar-refractivity contribution in [3.05, 3.63) is 47.2 Å². The Morgan fingerprint density at radius 1 is 1.36 bits per heavy atom. The van der Waals surface area contributed by atoms with Crippen molar-refractivity contribution >= 4 is 11.9 Å². The van der Waals surface area contributed by atoms with Gasteiger partial charge in [-0.15, -0.1) is 0 Å². The number of hydrogen-bond donors (Lipinski definition) is 1. The van der Waals surface area contributed by atoms with Gasteiger partial charge in [0.25, 0.3) is 5.91 Å². The van der Waals surface area contributed by atoms with Gasteiger partial charge in [-0.05, 0) is 45.4 Å². The lowest BCUT2D eigenvalue weighted by molar-refractivity contribution is -0.124. The minimum absolute atomic E-state index is 0.0783. The van der Waals surface area contributed by atoms with Crippen LogP contribution in [0.4, 0.5) is 0 Å². The van der Waals surface area contributed by atoms with Gasteiger partial charge in [-0.1, -0.05) is 13.3 Å². The highest BCUT2D eigenvalue weighted by Gasteiger charge is 2.19. The van der Waals surface area contributed by atoms with E-state index in [-0.39, 0.29) is 18.6 Å². The van der Waals surface area contributed by atoms with Crippen molar-refractivity contribution in [3.63, 3.8) is 0 Å². The second kappa shape index (κ2) is 8.55. The molecule has 136 valence electrons. The number of rotatable bonds is 8. The summed E-state index contributed by atoms with van der Waals surface area (Å²) in [5, 5.41) is 2.81. The number of aromatic nitrogens is 1. The van der Waals surface area contributed by atoms with Crippen molar-refractivity contribution in [1.82, 2.24) is 9.88 Å². The molecule has 0 saturated carbocycles. The lowest BCUT2D eigenvalue weighted by Crippen LogP contribution is -2.35. The number of carbonyl (C=O) groups excluding carboxylic acids is 2. The standard InChI is InChI=1S/C19H26N2O4/c1-5-7-13(2)20-18(22)12-25-19(23)17-10-14(3)21(15(17)4)11-16-8-6-9-24-16/h6,8-10,13H,5,7,11-12H2,1-4H3,(H,20,22)/t13-/m0/s1. The van der Waals surface area contributed by atoms with Crippen molar-refractivity contribution in [1.29, 1.82) is 0 Å². The molecule has 2 aromatic heterocycles. The highest BCUT2D eigenvalue weighted by atomic mass is 16.5. The lowest BCUT2D eigenvalue weighted by atomic mass is 10.2. The average Bonchev–Trinajstić information content (AvgIpc) is 3.16. The van der Waals surface area contributed by atoms with Crippen LogP contribution in [0.25, 0.3) is 0 Å². The maximum absolute atomic E-state index is 12.3. The van der Waals surface area contributed by atoms with Gasteiger partial charge in [0.05, 0.1) is 18.4 Å². The fourth-order valence-corrected chi connectivity index (χ4v) is 2.84. The Bertz CT molecular complexity index is 716. The quantitative estimate of drug-likeness (QED) is 0.745.